The Hall–Kier alpha value is -2.94. The third-order valence-electron chi connectivity index (χ3n) is 6.18. The maximum Gasteiger partial charge on any atom is 0.333 e. The summed E-state index contributed by atoms with van der Waals surface area (Å²) in [6, 6.07) is 22.2. The molecule has 1 fully saturated rings. The number of amides is 1. The number of thiocarbonyl (C=S) groups is 1. The van der Waals surface area contributed by atoms with E-state index in [4.69, 9.17) is 21.7 Å². The van der Waals surface area contributed by atoms with Gasteiger partial charge in [0.2, 0.25) is 0 Å². The van der Waals surface area contributed by atoms with E-state index in [9.17, 15) is 9.59 Å². The molecule has 0 radical (unpaired) electrons. The van der Waals surface area contributed by atoms with E-state index in [0.717, 1.165) is 27.4 Å². The van der Waals surface area contributed by atoms with E-state index in [1.165, 1.54) is 10.5 Å². The van der Waals surface area contributed by atoms with Crippen molar-refractivity contribution in [3.63, 3.8) is 0 Å². The van der Waals surface area contributed by atoms with Crippen LogP contribution in [0.2, 0.25) is 0 Å². The molecule has 1 unspecified atom stereocenters. The van der Waals surface area contributed by atoms with Crippen LogP contribution in [0.15, 0.2) is 82.2 Å². The Kier molecular flexibility index (Phi) is 9.31. The summed E-state index contributed by atoms with van der Waals surface area (Å²) >= 11 is 10.3. The van der Waals surface area contributed by atoms with Crippen LogP contribution >= 0.6 is 39.9 Å². The van der Waals surface area contributed by atoms with Crippen LogP contribution in [-0.2, 0) is 26.3 Å². The lowest BCUT2D eigenvalue weighted by Gasteiger charge is -2.25. The van der Waals surface area contributed by atoms with E-state index in [2.05, 4.69) is 61.0 Å². The first kappa shape index (κ1) is 29.1. The van der Waals surface area contributed by atoms with Crippen LogP contribution in [0.5, 0.6) is 5.75 Å². The number of thioether (sulfide) groups is 1. The van der Waals surface area contributed by atoms with Crippen molar-refractivity contribution in [1.82, 2.24) is 4.90 Å². The van der Waals surface area contributed by atoms with E-state index in [-0.39, 0.29) is 17.9 Å². The molecule has 3 aromatic carbocycles. The number of hydrogen-bond acceptors (Lipinski definition) is 6. The van der Waals surface area contributed by atoms with Gasteiger partial charge in [0.05, 0.1) is 11.5 Å². The average Bonchev–Trinajstić information content (AvgIpc) is 3.17. The molecular weight excluding hydrogens is 594 g/mol. The van der Waals surface area contributed by atoms with Gasteiger partial charge in [0, 0.05) is 10.0 Å². The first-order valence-corrected chi connectivity index (χ1v) is 14.6. The summed E-state index contributed by atoms with van der Waals surface area (Å²) in [6.45, 7) is 8.87. The molecule has 1 atom stereocenters. The van der Waals surface area contributed by atoms with Crippen LogP contribution < -0.4 is 4.74 Å². The minimum Gasteiger partial charge on any atom is -0.488 e. The molecule has 0 aliphatic carbocycles. The number of carbonyl (C=O) groups excluding carboxylic acids is 2. The molecule has 4 rings (SSSR count). The summed E-state index contributed by atoms with van der Waals surface area (Å²) in [5.41, 5.74) is 3.75. The quantitative estimate of drug-likeness (QED) is 0.145. The van der Waals surface area contributed by atoms with Crippen molar-refractivity contribution in [2.75, 3.05) is 6.61 Å². The Morgan fingerprint density at radius 1 is 1.08 bits per heavy atom. The number of rotatable bonds is 8. The average molecular weight is 625 g/mol. The smallest absolute Gasteiger partial charge is 0.333 e. The number of ether oxygens (including phenoxy) is 2. The van der Waals surface area contributed by atoms with Crippen molar-refractivity contribution in [2.45, 2.75) is 45.8 Å². The molecule has 3 aromatic rings. The predicted octanol–water partition coefficient (Wildman–Crippen LogP) is 7.83. The van der Waals surface area contributed by atoms with Crippen molar-refractivity contribution < 1.29 is 19.1 Å². The van der Waals surface area contributed by atoms with E-state index >= 15 is 0 Å². The molecule has 8 heteroatoms. The van der Waals surface area contributed by atoms with Gasteiger partial charge in [-0.3, -0.25) is 9.69 Å². The highest BCUT2D eigenvalue weighted by atomic mass is 79.9. The van der Waals surface area contributed by atoms with Crippen LogP contribution in [0, 0.1) is 0 Å². The van der Waals surface area contributed by atoms with E-state index in [1.54, 1.807) is 25.1 Å². The lowest BCUT2D eigenvalue weighted by molar-refractivity contribution is -0.151. The molecule has 0 aromatic heterocycles. The maximum absolute atomic E-state index is 13.6. The summed E-state index contributed by atoms with van der Waals surface area (Å²) in [5, 5.41) is 0. The van der Waals surface area contributed by atoms with Crippen molar-refractivity contribution in [2.24, 2.45) is 0 Å². The van der Waals surface area contributed by atoms with E-state index in [0.29, 0.717) is 27.1 Å². The minimum absolute atomic E-state index is 0.0805. The summed E-state index contributed by atoms with van der Waals surface area (Å²) < 4.78 is 12.6. The van der Waals surface area contributed by atoms with Crippen molar-refractivity contribution in [1.29, 1.82) is 0 Å². The van der Waals surface area contributed by atoms with Gasteiger partial charge in [-0.1, -0.05) is 115 Å². The number of benzene rings is 3. The zero-order chi connectivity index (χ0) is 28.2. The topological polar surface area (TPSA) is 55.8 Å². The normalized spacial score (nSPS) is 15.5. The van der Waals surface area contributed by atoms with Crippen molar-refractivity contribution in [3.8, 4) is 5.75 Å². The highest BCUT2D eigenvalue weighted by Crippen LogP contribution is 2.40. The molecule has 0 saturated carbocycles. The summed E-state index contributed by atoms with van der Waals surface area (Å²) in [5.74, 6) is -0.242. The second-order valence-corrected chi connectivity index (χ2v) is 12.6. The van der Waals surface area contributed by atoms with Gasteiger partial charge in [-0.25, -0.2) is 4.79 Å². The summed E-state index contributed by atoms with van der Waals surface area (Å²) in [4.78, 5) is 28.3. The molecule has 0 N–H and O–H groups in total. The van der Waals surface area contributed by atoms with E-state index < -0.39 is 12.0 Å². The van der Waals surface area contributed by atoms with Crippen molar-refractivity contribution >= 4 is 62.2 Å². The summed E-state index contributed by atoms with van der Waals surface area (Å²) in [7, 11) is 0. The number of carbonyl (C=O) groups is 2. The number of esters is 1. The van der Waals surface area contributed by atoms with Gasteiger partial charge in [0.1, 0.15) is 16.7 Å². The number of hydrogen-bond donors (Lipinski definition) is 0. The Labute approximate surface area is 247 Å². The van der Waals surface area contributed by atoms with Crippen LogP contribution in [-0.4, -0.2) is 27.7 Å². The first-order valence-electron chi connectivity index (χ1n) is 12.6. The van der Waals surface area contributed by atoms with Gasteiger partial charge in [-0.15, -0.1) is 0 Å². The lowest BCUT2D eigenvalue weighted by atomic mass is 9.87. The van der Waals surface area contributed by atoms with Crippen LogP contribution in [0.25, 0.3) is 6.08 Å². The highest BCUT2D eigenvalue weighted by Gasteiger charge is 2.42. The van der Waals surface area contributed by atoms with Gasteiger partial charge in [-0.2, -0.15) is 0 Å². The zero-order valence-corrected chi connectivity index (χ0v) is 25.5. The highest BCUT2D eigenvalue weighted by molar-refractivity contribution is 9.10. The largest absolute Gasteiger partial charge is 0.488 e. The van der Waals surface area contributed by atoms with Crippen LogP contribution in [0.3, 0.4) is 0 Å². The summed E-state index contributed by atoms with van der Waals surface area (Å²) in [6.07, 6.45) is 1.76. The molecular formula is C31H30BrNO4S2. The molecule has 1 heterocycles. The lowest BCUT2D eigenvalue weighted by Crippen LogP contribution is -2.38. The van der Waals surface area contributed by atoms with Gasteiger partial charge >= 0.3 is 5.97 Å². The molecule has 202 valence electrons. The Morgan fingerprint density at radius 2 is 1.77 bits per heavy atom. The zero-order valence-electron chi connectivity index (χ0n) is 22.3. The molecule has 39 heavy (non-hydrogen) atoms. The standard InChI is InChI=1S/C31H30BrNO4S2/c1-5-36-29(35)27(21-9-7-6-8-10-21)33-28(34)26(39-30(33)38)18-22-17-24(32)15-16-25(22)37-19-20-11-13-23(14-12-20)31(2,3)4/h6-18,27H,5,19H2,1-4H3/b26-18+. The SMILES string of the molecule is CCOC(=O)C(c1ccccc1)N1C(=O)/C(=C\c2cc(Br)ccc2OCc2ccc(C(C)(C)C)cc2)SC1=S. The third-order valence-corrected chi connectivity index (χ3v) is 8.00. The van der Waals surface area contributed by atoms with Crippen LogP contribution in [0.1, 0.15) is 56.0 Å². The fourth-order valence-electron chi connectivity index (χ4n) is 4.12. The van der Waals surface area contributed by atoms with E-state index in [1.807, 2.05) is 36.4 Å². The monoisotopic (exact) mass is 623 g/mol. The van der Waals surface area contributed by atoms with Gasteiger partial charge < -0.3 is 9.47 Å². The van der Waals surface area contributed by atoms with Gasteiger partial charge in [-0.05, 0) is 53.3 Å². The second-order valence-electron chi connectivity index (χ2n) is 10.0. The molecule has 1 aliphatic heterocycles. The van der Waals surface area contributed by atoms with Gasteiger partial charge in [0.15, 0.2) is 6.04 Å². The Morgan fingerprint density at radius 3 is 2.41 bits per heavy atom. The second kappa shape index (κ2) is 12.5. The number of halogens is 1. The molecule has 1 aliphatic rings. The third kappa shape index (κ3) is 6.99. The fourth-order valence-corrected chi connectivity index (χ4v) is 5.80. The number of nitrogens with zero attached hydrogens (tertiary/aromatic N) is 1. The molecule has 1 amide bonds. The molecule has 0 spiro atoms. The Balaban J connectivity index is 1.60. The maximum atomic E-state index is 13.6. The van der Waals surface area contributed by atoms with Crippen LogP contribution in [0.4, 0.5) is 0 Å². The minimum atomic E-state index is -0.959. The molecule has 0 bridgehead atoms. The Bertz CT molecular complexity index is 1400. The predicted molar refractivity (Wildman–Crippen MR) is 164 cm³/mol. The molecule has 5 nitrogen and oxygen atoms in total. The molecule has 1 saturated heterocycles. The van der Waals surface area contributed by atoms with Crippen molar-refractivity contribution in [3.05, 3.63) is 104 Å². The van der Waals surface area contributed by atoms with Gasteiger partial charge in [0.25, 0.3) is 5.91 Å². The first-order chi connectivity index (χ1) is 18.6. The fraction of sp³-hybridized carbons (Fsp3) is 0.258.